The van der Waals surface area contributed by atoms with Crippen molar-refractivity contribution in [3.8, 4) is 0 Å². The topological polar surface area (TPSA) is 22.0 Å². The van der Waals surface area contributed by atoms with Gasteiger partial charge in [0, 0.05) is 30.9 Å². The summed E-state index contributed by atoms with van der Waals surface area (Å²) in [5, 5.41) is 0. The van der Waals surface area contributed by atoms with E-state index in [-0.39, 0.29) is 0 Å². The van der Waals surface area contributed by atoms with E-state index in [9.17, 15) is 4.79 Å². The van der Waals surface area contributed by atoms with Gasteiger partial charge in [-0.1, -0.05) is 31.2 Å². The van der Waals surface area contributed by atoms with Crippen LogP contribution in [0.15, 0.2) is 36.7 Å². The Morgan fingerprint density at radius 1 is 1.05 bits per heavy atom. The highest BCUT2D eigenvalue weighted by molar-refractivity contribution is 5.98. The fourth-order valence-corrected chi connectivity index (χ4v) is 2.76. The second kappa shape index (κ2) is 5.04. The second-order valence-corrected chi connectivity index (χ2v) is 5.32. The number of hydrogen-bond donors (Lipinski definition) is 0. The molecule has 98 valence electrons. The maximum absolute atomic E-state index is 11.8. The summed E-state index contributed by atoms with van der Waals surface area (Å²) in [5.41, 5.74) is 4.82. The van der Waals surface area contributed by atoms with E-state index in [1.807, 2.05) is 6.20 Å². The van der Waals surface area contributed by atoms with Gasteiger partial charge in [-0.25, -0.2) is 0 Å². The molecule has 19 heavy (non-hydrogen) atoms. The molecule has 1 heterocycles. The van der Waals surface area contributed by atoms with Crippen molar-refractivity contribution >= 4 is 5.78 Å². The number of hydrogen-bond acceptors (Lipinski definition) is 1. The summed E-state index contributed by atoms with van der Waals surface area (Å²) in [7, 11) is 0. The third-order valence-electron chi connectivity index (χ3n) is 3.91. The van der Waals surface area contributed by atoms with Crippen molar-refractivity contribution in [2.45, 2.75) is 39.2 Å². The number of rotatable bonds is 3. The maximum Gasteiger partial charge on any atom is 0.164 e. The summed E-state index contributed by atoms with van der Waals surface area (Å²) in [6.07, 6.45) is 7.99. The normalized spacial score (nSPS) is 14.5. The molecule has 0 bridgehead atoms. The van der Waals surface area contributed by atoms with Gasteiger partial charge in [-0.2, -0.15) is 0 Å². The third kappa shape index (κ3) is 2.48. The van der Waals surface area contributed by atoms with Gasteiger partial charge in [-0.3, -0.25) is 4.79 Å². The van der Waals surface area contributed by atoms with E-state index in [4.69, 9.17) is 0 Å². The third-order valence-corrected chi connectivity index (χ3v) is 3.91. The fourth-order valence-electron chi connectivity index (χ4n) is 2.76. The molecule has 0 fully saturated rings. The monoisotopic (exact) mass is 253 g/mol. The maximum atomic E-state index is 11.8. The van der Waals surface area contributed by atoms with Crippen LogP contribution in [0.3, 0.4) is 0 Å². The molecule has 0 N–H and O–H groups in total. The van der Waals surface area contributed by atoms with E-state index in [0.717, 1.165) is 31.4 Å². The van der Waals surface area contributed by atoms with Crippen molar-refractivity contribution in [3.05, 3.63) is 58.9 Å². The predicted molar refractivity (Wildman–Crippen MR) is 76.6 cm³/mol. The van der Waals surface area contributed by atoms with Crippen LogP contribution in [0, 0.1) is 0 Å². The SMILES string of the molecule is CCc1ccc(Cn2cc3c(c2)C(=O)CCC3)cc1. The standard InChI is InChI=1S/C17H19NO/c1-2-13-6-8-14(9-7-13)10-18-11-15-4-3-5-17(19)16(15)12-18/h6-9,11-12H,2-5,10H2,1H3. The smallest absolute Gasteiger partial charge is 0.164 e. The molecule has 0 unspecified atom stereocenters. The van der Waals surface area contributed by atoms with Gasteiger partial charge < -0.3 is 4.57 Å². The van der Waals surface area contributed by atoms with Gasteiger partial charge in [0.05, 0.1) is 0 Å². The summed E-state index contributed by atoms with van der Waals surface area (Å²) < 4.78 is 2.15. The molecule has 2 aromatic rings. The van der Waals surface area contributed by atoms with E-state index >= 15 is 0 Å². The van der Waals surface area contributed by atoms with Crippen molar-refractivity contribution < 1.29 is 4.79 Å². The highest BCUT2D eigenvalue weighted by Gasteiger charge is 2.18. The first-order valence-corrected chi connectivity index (χ1v) is 7.06. The van der Waals surface area contributed by atoms with Crippen molar-refractivity contribution in [2.75, 3.05) is 0 Å². The molecule has 2 nitrogen and oxygen atoms in total. The minimum absolute atomic E-state index is 0.307. The molecule has 1 aliphatic carbocycles. The van der Waals surface area contributed by atoms with Crippen LogP contribution in [0.2, 0.25) is 0 Å². The minimum atomic E-state index is 0.307. The molecule has 2 heteroatoms. The molecule has 0 amide bonds. The van der Waals surface area contributed by atoms with E-state index in [1.165, 1.54) is 16.7 Å². The molecular formula is C17H19NO. The van der Waals surface area contributed by atoms with Gasteiger partial charge >= 0.3 is 0 Å². The van der Waals surface area contributed by atoms with Gasteiger partial charge in [-0.15, -0.1) is 0 Å². The van der Waals surface area contributed by atoms with Gasteiger partial charge in [0.15, 0.2) is 5.78 Å². The lowest BCUT2D eigenvalue weighted by molar-refractivity contribution is 0.0973. The average Bonchev–Trinajstić information content (AvgIpc) is 2.84. The summed E-state index contributed by atoms with van der Waals surface area (Å²) >= 11 is 0. The molecule has 1 aliphatic rings. The molecule has 1 aromatic carbocycles. The Morgan fingerprint density at radius 3 is 2.47 bits per heavy atom. The Bertz CT molecular complexity index is 592. The zero-order valence-electron chi connectivity index (χ0n) is 11.4. The number of fused-ring (bicyclic) bond motifs is 1. The Balaban J connectivity index is 1.81. The number of carbonyl (C=O) groups excluding carboxylic acids is 1. The lowest BCUT2D eigenvalue weighted by Gasteiger charge is -2.07. The number of aryl methyl sites for hydroxylation is 2. The van der Waals surface area contributed by atoms with Gasteiger partial charge in [-0.05, 0) is 36.0 Å². The van der Waals surface area contributed by atoms with Crippen LogP contribution in [0.25, 0.3) is 0 Å². The lowest BCUT2D eigenvalue weighted by atomic mass is 9.95. The Morgan fingerprint density at radius 2 is 1.79 bits per heavy atom. The predicted octanol–water partition coefficient (Wildman–Crippen LogP) is 3.62. The quantitative estimate of drug-likeness (QED) is 0.819. The highest BCUT2D eigenvalue weighted by atomic mass is 16.1. The van der Waals surface area contributed by atoms with Crippen molar-refractivity contribution in [1.29, 1.82) is 0 Å². The van der Waals surface area contributed by atoms with Crippen LogP contribution >= 0.6 is 0 Å². The Labute approximate surface area is 114 Å². The first-order valence-electron chi connectivity index (χ1n) is 7.06. The zero-order chi connectivity index (χ0) is 13.2. The number of carbonyl (C=O) groups is 1. The van der Waals surface area contributed by atoms with E-state index in [0.29, 0.717) is 12.2 Å². The van der Waals surface area contributed by atoms with Gasteiger partial charge in [0.2, 0.25) is 0 Å². The van der Waals surface area contributed by atoms with E-state index in [2.05, 4.69) is 42.0 Å². The molecule has 0 spiro atoms. The molecule has 0 radical (unpaired) electrons. The minimum Gasteiger partial charge on any atom is -0.349 e. The molecule has 1 aromatic heterocycles. The highest BCUT2D eigenvalue weighted by Crippen LogP contribution is 2.22. The number of ketones is 1. The number of nitrogens with zero attached hydrogens (tertiary/aromatic N) is 1. The summed E-state index contributed by atoms with van der Waals surface area (Å²) in [6, 6.07) is 8.73. The number of aromatic nitrogens is 1. The van der Waals surface area contributed by atoms with E-state index < -0.39 is 0 Å². The summed E-state index contributed by atoms with van der Waals surface area (Å²) in [4.78, 5) is 11.8. The van der Waals surface area contributed by atoms with Crippen LogP contribution in [0.5, 0.6) is 0 Å². The van der Waals surface area contributed by atoms with Crippen LogP contribution in [0.4, 0.5) is 0 Å². The van der Waals surface area contributed by atoms with E-state index in [1.54, 1.807) is 0 Å². The van der Waals surface area contributed by atoms with Gasteiger partial charge in [0.1, 0.15) is 0 Å². The van der Waals surface area contributed by atoms with Crippen LogP contribution in [0.1, 0.15) is 46.8 Å². The number of Topliss-reactive ketones (excluding diaryl/α,β-unsaturated/α-hetero) is 1. The van der Waals surface area contributed by atoms with Crippen molar-refractivity contribution in [2.24, 2.45) is 0 Å². The van der Waals surface area contributed by atoms with Gasteiger partial charge in [0.25, 0.3) is 0 Å². The molecule has 0 saturated carbocycles. The summed E-state index contributed by atoms with van der Waals surface area (Å²) in [6.45, 7) is 3.02. The first-order chi connectivity index (χ1) is 9.26. The fraction of sp³-hybridized carbons (Fsp3) is 0.353. The van der Waals surface area contributed by atoms with Crippen molar-refractivity contribution in [3.63, 3.8) is 0 Å². The molecular weight excluding hydrogens is 234 g/mol. The van der Waals surface area contributed by atoms with Crippen LogP contribution in [-0.4, -0.2) is 10.4 Å². The Hall–Kier alpha value is -1.83. The lowest BCUT2D eigenvalue weighted by Crippen LogP contribution is -2.07. The second-order valence-electron chi connectivity index (χ2n) is 5.32. The Kier molecular flexibility index (Phi) is 3.24. The van der Waals surface area contributed by atoms with Crippen LogP contribution < -0.4 is 0 Å². The molecule has 0 saturated heterocycles. The molecule has 0 atom stereocenters. The average molecular weight is 253 g/mol. The molecule has 3 rings (SSSR count). The largest absolute Gasteiger partial charge is 0.349 e. The van der Waals surface area contributed by atoms with Crippen LogP contribution in [-0.2, 0) is 19.4 Å². The summed E-state index contributed by atoms with van der Waals surface area (Å²) in [5.74, 6) is 0.307. The number of benzene rings is 1. The molecule has 0 aliphatic heterocycles. The van der Waals surface area contributed by atoms with Crippen molar-refractivity contribution in [1.82, 2.24) is 4.57 Å². The zero-order valence-corrected chi connectivity index (χ0v) is 11.4. The first kappa shape index (κ1) is 12.2.